The second-order valence-electron chi connectivity index (χ2n) is 4.76. The van der Waals surface area contributed by atoms with E-state index in [4.69, 9.17) is 33.2 Å². The highest BCUT2D eigenvalue weighted by Gasteiger charge is 2.07. The standard InChI is InChI=1S/C17H13Cl2N3O2/c1-11(12-6-7-14(18)15(19)8-12)21-22-17(23)10-24-16-5-3-2-4-13(16)9-20/h2-8H,10H2,1H3,(H,22,23)/b21-11+. The summed E-state index contributed by atoms with van der Waals surface area (Å²) in [4.78, 5) is 11.8. The van der Waals surface area contributed by atoms with Gasteiger partial charge in [-0.05, 0) is 36.8 Å². The SMILES string of the molecule is C/C(=N\NC(=O)COc1ccccc1C#N)c1ccc(Cl)c(Cl)c1. The van der Waals surface area contributed by atoms with Crippen LogP contribution >= 0.6 is 23.2 Å². The molecule has 2 rings (SSSR count). The number of nitriles is 1. The van der Waals surface area contributed by atoms with Gasteiger partial charge in [0, 0.05) is 0 Å². The van der Waals surface area contributed by atoms with E-state index in [9.17, 15) is 4.79 Å². The molecule has 0 aliphatic heterocycles. The summed E-state index contributed by atoms with van der Waals surface area (Å²) in [6.45, 7) is 1.47. The number of nitrogens with zero attached hydrogens (tertiary/aromatic N) is 2. The van der Waals surface area contributed by atoms with Crippen LogP contribution in [0.1, 0.15) is 18.1 Å². The number of carbonyl (C=O) groups excluding carboxylic acids is 1. The predicted molar refractivity (Wildman–Crippen MR) is 93.5 cm³/mol. The predicted octanol–water partition coefficient (Wildman–Crippen LogP) is 3.78. The molecule has 0 fully saturated rings. The van der Waals surface area contributed by atoms with Gasteiger partial charge in [0.2, 0.25) is 0 Å². The van der Waals surface area contributed by atoms with Crippen molar-refractivity contribution in [1.82, 2.24) is 5.43 Å². The highest BCUT2D eigenvalue weighted by molar-refractivity contribution is 6.42. The second-order valence-corrected chi connectivity index (χ2v) is 5.57. The molecule has 0 aliphatic rings. The van der Waals surface area contributed by atoms with E-state index in [1.165, 1.54) is 0 Å². The quantitative estimate of drug-likeness (QED) is 0.650. The van der Waals surface area contributed by atoms with E-state index in [1.54, 1.807) is 49.4 Å². The smallest absolute Gasteiger partial charge is 0.277 e. The molecule has 0 heterocycles. The van der Waals surface area contributed by atoms with Crippen LogP contribution in [-0.2, 0) is 4.79 Å². The number of hydrazone groups is 1. The van der Waals surface area contributed by atoms with Gasteiger partial charge in [-0.1, -0.05) is 41.4 Å². The minimum atomic E-state index is -0.442. The molecule has 0 radical (unpaired) electrons. The molecule has 2 aromatic carbocycles. The largest absolute Gasteiger partial charge is 0.482 e. The van der Waals surface area contributed by atoms with Gasteiger partial charge < -0.3 is 4.74 Å². The number of ether oxygens (including phenoxy) is 1. The Hall–Kier alpha value is -2.55. The van der Waals surface area contributed by atoms with E-state index in [2.05, 4.69) is 10.5 Å². The number of hydrogen-bond donors (Lipinski definition) is 1. The first-order valence-electron chi connectivity index (χ1n) is 6.91. The number of amides is 1. The zero-order valence-electron chi connectivity index (χ0n) is 12.7. The second kappa shape index (κ2) is 8.34. The van der Waals surface area contributed by atoms with Crippen molar-refractivity contribution in [2.45, 2.75) is 6.92 Å². The maximum atomic E-state index is 11.8. The van der Waals surface area contributed by atoms with Crippen LogP contribution in [-0.4, -0.2) is 18.2 Å². The van der Waals surface area contributed by atoms with Gasteiger partial charge in [0.05, 0.1) is 21.3 Å². The van der Waals surface area contributed by atoms with Gasteiger partial charge in [-0.25, -0.2) is 5.43 Å². The van der Waals surface area contributed by atoms with Crippen LogP contribution in [0.2, 0.25) is 10.0 Å². The monoisotopic (exact) mass is 361 g/mol. The van der Waals surface area contributed by atoms with Crippen molar-refractivity contribution >= 4 is 34.8 Å². The fourth-order valence-corrected chi connectivity index (χ4v) is 2.09. The maximum Gasteiger partial charge on any atom is 0.277 e. The normalized spacial score (nSPS) is 10.8. The van der Waals surface area contributed by atoms with Crippen molar-refractivity contribution in [3.63, 3.8) is 0 Å². The first-order valence-corrected chi connectivity index (χ1v) is 7.67. The molecule has 122 valence electrons. The van der Waals surface area contributed by atoms with E-state index in [1.807, 2.05) is 6.07 Å². The van der Waals surface area contributed by atoms with Crippen LogP contribution in [0.4, 0.5) is 0 Å². The lowest BCUT2D eigenvalue weighted by Gasteiger charge is -2.07. The highest BCUT2D eigenvalue weighted by atomic mass is 35.5. The Kier molecular flexibility index (Phi) is 6.19. The molecule has 2 aromatic rings. The lowest BCUT2D eigenvalue weighted by Crippen LogP contribution is -2.25. The van der Waals surface area contributed by atoms with E-state index < -0.39 is 5.91 Å². The maximum absolute atomic E-state index is 11.8. The van der Waals surface area contributed by atoms with Gasteiger partial charge in [-0.3, -0.25) is 4.79 Å². The highest BCUT2D eigenvalue weighted by Crippen LogP contribution is 2.22. The molecule has 0 unspecified atom stereocenters. The summed E-state index contributed by atoms with van der Waals surface area (Å²) in [5, 5.41) is 13.8. The Labute approximate surface area is 149 Å². The summed E-state index contributed by atoms with van der Waals surface area (Å²) in [6.07, 6.45) is 0. The molecular weight excluding hydrogens is 349 g/mol. The Morgan fingerprint density at radius 2 is 2.00 bits per heavy atom. The zero-order valence-corrected chi connectivity index (χ0v) is 14.2. The van der Waals surface area contributed by atoms with Gasteiger partial charge >= 0.3 is 0 Å². The van der Waals surface area contributed by atoms with Crippen LogP contribution in [0.3, 0.4) is 0 Å². The van der Waals surface area contributed by atoms with Crippen molar-refractivity contribution in [2.75, 3.05) is 6.61 Å². The van der Waals surface area contributed by atoms with Crippen LogP contribution in [0.25, 0.3) is 0 Å². The molecule has 0 aliphatic carbocycles. The summed E-state index contributed by atoms with van der Waals surface area (Å²) >= 11 is 11.8. The number of nitrogens with one attached hydrogen (secondary N) is 1. The molecular formula is C17H13Cl2N3O2. The van der Waals surface area contributed by atoms with Crippen LogP contribution in [0.5, 0.6) is 5.75 Å². The number of hydrogen-bond acceptors (Lipinski definition) is 4. The summed E-state index contributed by atoms with van der Waals surface area (Å²) in [6, 6.07) is 13.7. The van der Waals surface area contributed by atoms with E-state index in [-0.39, 0.29) is 6.61 Å². The first-order chi connectivity index (χ1) is 11.5. The molecule has 0 aromatic heterocycles. The summed E-state index contributed by atoms with van der Waals surface area (Å²) in [7, 11) is 0. The average molecular weight is 362 g/mol. The molecule has 0 saturated heterocycles. The minimum absolute atomic E-state index is 0.253. The lowest BCUT2D eigenvalue weighted by molar-refractivity contribution is -0.123. The number of para-hydroxylation sites is 1. The number of benzene rings is 2. The van der Waals surface area contributed by atoms with E-state index >= 15 is 0 Å². The van der Waals surface area contributed by atoms with Gasteiger partial charge in [-0.2, -0.15) is 10.4 Å². The van der Waals surface area contributed by atoms with E-state index in [0.717, 1.165) is 5.56 Å². The molecule has 0 saturated carbocycles. The lowest BCUT2D eigenvalue weighted by atomic mass is 10.1. The van der Waals surface area contributed by atoms with Gasteiger partial charge in [-0.15, -0.1) is 0 Å². The average Bonchev–Trinajstić information content (AvgIpc) is 2.60. The Morgan fingerprint density at radius 3 is 2.71 bits per heavy atom. The number of carbonyl (C=O) groups is 1. The fraction of sp³-hybridized carbons (Fsp3) is 0.118. The van der Waals surface area contributed by atoms with Crippen molar-refractivity contribution < 1.29 is 9.53 Å². The Balaban J connectivity index is 1.94. The summed E-state index contributed by atoms with van der Waals surface area (Å²) in [5.74, 6) is -0.0949. The molecule has 7 heteroatoms. The number of rotatable bonds is 5. The topological polar surface area (TPSA) is 74.5 Å². The zero-order chi connectivity index (χ0) is 17.5. The third-order valence-electron chi connectivity index (χ3n) is 3.05. The van der Waals surface area contributed by atoms with Crippen LogP contribution in [0, 0.1) is 11.3 Å². The molecule has 0 atom stereocenters. The molecule has 24 heavy (non-hydrogen) atoms. The van der Waals surface area contributed by atoms with E-state index in [0.29, 0.717) is 27.1 Å². The van der Waals surface area contributed by atoms with Crippen LogP contribution < -0.4 is 10.2 Å². The van der Waals surface area contributed by atoms with Crippen molar-refractivity contribution in [2.24, 2.45) is 5.10 Å². The van der Waals surface area contributed by atoms with Crippen molar-refractivity contribution in [1.29, 1.82) is 5.26 Å². The molecule has 1 amide bonds. The minimum Gasteiger partial charge on any atom is -0.482 e. The molecule has 0 bridgehead atoms. The molecule has 1 N–H and O–H groups in total. The molecule has 0 spiro atoms. The van der Waals surface area contributed by atoms with Crippen LogP contribution in [0.15, 0.2) is 47.6 Å². The third-order valence-corrected chi connectivity index (χ3v) is 3.79. The van der Waals surface area contributed by atoms with Gasteiger partial charge in [0.15, 0.2) is 6.61 Å². The Morgan fingerprint density at radius 1 is 1.25 bits per heavy atom. The first kappa shape index (κ1) is 17.8. The Bertz CT molecular complexity index is 829. The third kappa shape index (κ3) is 4.72. The van der Waals surface area contributed by atoms with Crippen molar-refractivity contribution in [3.05, 3.63) is 63.6 Å². The van der Waals surface area contributed by atoms with Gasteiger partial charge in [0.1, 0.15) is 11.8 Å². The van der Waals surface area contributed by atoms with Gasteiger partial charge in [0.25, 0.3) is 5.91 Å². The molecule has 5 nitrogen and oxygen atoms in total. The van der Waals surface area contributed by atoms with Crippen molar-refractivity contribution in [3.8, 4) is 11.8 Å². The number of halogens is 2. The summed E-state index contributed by atoms with van der Waals surface area (Å²) < 4.78 is 5.32. The summed E-state index contributed by atoms with van der Waals surface area (Å²) in [5.41, 5.74) is 4.05. The fourth-order valence-electron chi connectivity index (χ4n) is 1.79.